The van der Waals surface area contributed by atoms with Crippen LogP contribution in [0.3, 0.4) is 0 Å². The molecule has 84 valence electrons. The second-order valence-electron chi connectivity index (χ2n) is 3.19. The first-order chi connectivity index (χ1) is 7.76. The lowest BCUT2D eigenvalue weighted by molar-refractivity contribution is 0.253. The molecule has 0 aliphatic heterocycles. The van der Waals surface area contributed by atoms with Crippen LogP contribution >= 0.6 is 11.6 Å². The summed E-state index contributed by atoms with van der Waals surface area (Å²) in [5.74, 6) is 0. The molecule has 2 aromatic rings. The van der Waals surface area contributed by atoms with Gasteiger partial charge in [0, 0.05) is 5.02 Å². The van der Waals surface area contributed by atoms with Gasteiger partial charge >= 0.3 is 0 Å². The fraction of sp³-hybridized carbons (Fsp3) is 0.200. The van der Waals surface area contributed by atoms with Crippen molar-refractivity contribution in [2.24, 2.45) is 0 Å². The number of aliphatic hydroxyl groups excluding tert-OH is 2. The summed E-state index contributed by atoms with van der Waals surface area (Å²) in [7, 11) is 0. The molecule has 6 heteroatoms. The Balaban J connectivity index is 2.47. The van der Waals surface area contributed by atoms with E-state index in [1.165, 1.54) is 4.68 Å². The number of rotatable bonds is 3. The van der Waals surface area contributed by atoms with Gasteiger partial charge in [-0.2, -0.15) is 0 Å². The van der Waals surface area contributed by atoms with Crippen LogP contribution in [0.5, 0.6) is 0 Å². The van der Waals surface area contributed by atoms with Crippen molar-refractivity contribution in [3.05, 3.63) is 40.7 Å². The third kappa shape index (κ3) is 1.92. The highest BCUT2D eigenvalue weighted by Gasteiger charge is 2.12. The molecule has 0 amide bonds. The molecule has 5 nitrogen and oxygen atoms in total. The minimum Gasteiger partial charge on any atom is -0.390 e. The zero-order chi connectivity index (χ0) is 11.5. The van der Waals surface area contributed by atoms with E-state index in [9.17, 15) is 5.11 Å². The SMILES string of the molecule is OCc1nnn(-c2ccc(Cl)cc2)c1CO. The van der Waals surface area contributed by atoms with Crippen LogP contribution in [0.1, 0.15) is 11.4 Å². The van der Waals surface area contributed by atoms with Gasteiger partial charge in [0.15, 0.2) is 0 Å². The Bertz CT molecular complexity index is 481. The van der Waals surface area contributed by atoms with Gasteiger partial charge in [0.2, 0.25) is 0 Å². The van der Waals surface area contributed by atoms with Gasteiger partial charge in [-0.3, -0.25) is 0 Å². The lowest BCUT2D eigenvalue weighted by atomic mass is 10.3. The van der Waals surface area contributed by atoms with E-state index in [-0.39, 0.29) is 13.2 Å². The summed E-state index contributed by atoms with van der Waals surface area (Å²) in [5.41, 5.74) is 1.59. The van der Waals surface area contributed by atoms with Crippen LogP contribution in [0, 0.1) is 0 Å². The van der Waals surface area contributed by atoms with Crippen LogP contribution in [-0.2, 0) is 13.2 Å². The topological polar surface area (TPSA) is 71.2 Å². The van der Waals surface area contributed by atoms with Gasteiger partial charge in [0.1, 0.15) is 5.69 Å². The highest BCUT2D eigenvalue weighted by molar-refractivity contribution is 6.30. The third-order valence-corrected chi connectivity index (χ3v) is 2.47. The number of hydrogen-bond donors (Lipinski definition) is 2. The summed E-state index contributed by atoms with van der Waals surface area (Å²) in [6.45, 7) is -0.477. The number of aromatic nitrogens is 3. The molecule has 0 saturated carbocycles. The van der Waals surface area contributed by atoms with Crippen molar-refractivity contribution in [3.8, 4) is 5.69 Å². The molecule has 0 fully saturated rings. The maximum atomic E-state index is 9.20. The minimum absolute atomic E-state index is 0.231. The number of benzene rings is 1. The Labute approximate surface area is 96.9 Å². The molecule has 0 bridgehead atoms. The number of aliphatic hydroxyl groups is 2. The Morgan fingerprint density at radius 2 is 1.81 bits per heavy atom. The van der Waals surface area contributed by atoms with Gasteiger partial charge in [0.05, 0.1) is 24.6 Å². The van der Waals surface area contributed by atoms with E-state index < -0.39 is 0 Å². The molecule has 0 saturated heterocycles. The average Bonchev–Trinajstić information content (AvgIpc) is 2.72. The Kier molecular flexibility index (Phi) is 3.19. The summed E-state index contributed by atoms with van der Waals surface area (Å²) in [6.07, 6.45) is 0. The molecule has 0 aliphatic carbocycles. The summed E-state index contributed by atoms with van der Waals surface area (Å²) >= 11 is 5.77. The predicted octanol–water partition coefficient (Wildman–Crippen LogP) is 0.905. The van der Waals surface area contributed by atoms with Crippen molar-refractivity contribution in [1.82, 2.24) is 15.0 Å². The molecule has 1 heterocycles. The molecule has 1 aromatic carbocycles. The van der Waals surface area contributed by atoms with Gasteiger partial charge in [-0.25, -0.2) is 4.68 Å². The van der Waals surface area contributed by atoms with E-state index in [1.54, 1.807) is 24.3 Å². The molecule has 0 atom stereocenters. The van der Waals surface area contributed by atoms with E-state index in [0.29, 0.717) is 16.4 Å². The Morgan fingerprint density at radius 1 is 1.12 bits per heavy atom. The van der Waals surface area contributed by atoms with Gasteiger partial charge in [-0.15, -0.1) is 5.10 Å². The normalized spacial score (nSPS) is 10.7. The van der Waals surface area contributed by atoms with Crippen LogP contribution < -0.4 is 0 Å². The molecule has 2 N–H and O–H groups in total. The first-order valence-electron chi connectivity index (χ1n) is 4.67. The van der Waals surface area contributed by atoms with Crippen LogP contribution in [0.15, 0.2) is 24.3 Å². The van der Waals surface area contributed by atoms with Crippen LogP contribution in [0.2, 0.25) is 5.02 Å². The van der Waals surface area contributed by atoms with Crippen molar-refractivity contribution in [1.29, 1.82) is 0 Å². The monoisotopic (exact) mass is 239 g/mol. The van der Waals surface area contributed by atoms with Crippen molar-refractivity contribution in [2.45, 2.75) is 13.2 Å². The summed E-state index contributed by atoms with van der Waals surface area (Å²) in [5, 5.41) is 26.5. The maximum absolute atomic E-state index is 9.20. The largest absolute Gasteiger partial charge is 0.390 e. The minimum atomic E-state index is -0.247. The van der Waals surface area contributed by atoms with E-state index >= 15 is 0 Å². The highest BCUT2D eigenvalue weighted by Crippen LogP contribution is 2.16. The van der Waals surface area contributed by atoms with Crippen molar-refractivity contribution >= 4 is 11.6 Å². The number of hydrogen-bond acceptors (Lipinski definition) is 4. The number of halogens is 1. The first kappa shape index (κ1) is 11.1. The molecule has 1 aromatic heterocycles. The van der Waals surface area contributed by atoms with Gasteiger partial charge in [0.25, 0.3) is 0 Å². The third-order valence-electron chi connectivity index (χ3n) is 2.21. The Hall–Kier alpha value is -1.43. The molecule has 0 aliphatic rings. The van der Waals surface area contributed by atoms with Crippen LogP contribution in [0.4, 0.5) is 0 Å². The molecular weight excluding hydrogens is 230 g/mol. The van der Waals surface area contributed by atoms with Crippen LogP contribution in [-0.4, -0.2) is 25.2 Å². The number of nitrogens with zero attached hydrogens (tertiary/aromatic N) is 3. The highest BCUT2D eigenvalue weighted by atomic mass is 35.5. The van der Waals surface area contributed by atoms with E-state index in [2.05, 4.69) is 10.3 Å². The lowest BCUT2D eigenvalue weighted by Gasteiger charge is -2.04. The zero-order valence-corrected chi connectivity index (χ0v) is 9.09. The lowest BCUT2D eigenvalue weighted by Crippen LogP contribution is -2.03. The van der Waals surface area contributed by atoms with Crippen molar-refractivity contribution in [2.75, 3.05) is 0 Å². The predicted molar refractivity (Wildman–Crippen MR) is 58.2 cm³/mol. The Morgan fingerprint density at radius 3 is 2.38 bits per heavy atom. The molecule has 0 spiro atoms. The average molecular weight is 240 g/mol. The van der Waals surface area contributed by atoms with Gasteiger partial charge in [-0.1, -0.05) is 16.8 Å². The molecule has 0 unspecified atom stereocenters. The van der Waals surface area contributed by atoms with Gasteiger partial charge < -0.3 is 10.2 Å². The second kappa shape index (κ2) is 4.61. The van der Waals surface area contributed by atoms with E-state index in [4.69, 9.17) is 16.7 Å². The standard InChI is InChI=1S/C10H10ClN3O2/c11-7-1-3-8(4-2-7)14-10(6-16)9(5-15)12-13-14/h1-4,15-16H,5-6H2. The van der Waals surface area contributed by atoms with E-state index in [1.807, 2.05) is 0 Å². The smallest absolute Gasteiger partial charge is 0.114 e. The first-order valence-corrected chi connectivity index (χ1v) is 5.05. The summed E-state index contributed by atoms with van der Waals surface area (Å²) < 4.78 is 1.47. The quantitative estimate of drug-likeness (QED) is 0.835. The maximum Gasteiger partial charge on any atom is 0.114 e. The summed E-state index contributed by atoms with van der Waals surface area (Å²) in [6, 6.07) is 6.96. The summed E-state index contributed by atoms with van der Waals surface area (Å²) in [4.78, 5) is 0. The molecule has 2 rings (SSSR count). The molecule has 0 radical (unpaired) electrons. The zero-order valence-electron chi connectivity index (χ0n) is 8.34. The molecular formula is C10H10ClN3O2. The molecule has 16 heavy (non-hydrogen) atoms. The van der Waals surface area contributed by atoms with Crippen molar-refractivity contribution in [3.63, 3.8) is 0 Å². The van der Waals surface area contributed by atoms with Gasteiger partial charge in [-0.05, 0) is 24.3 Å². The van der Waals surface area contributed by atoms with Crippen molar-refractivity contribution < 1.29 is 10.2 Å². The van der Waals surface area contributed by atoms with E-state index in [0.717, 1.165) is 5.69 Å². The van der Waals surface area contributed by atoms with Crippen LogP contribution in [0.25, 0.3) is 5.69 Å². The fourth-order valence-corrected chi connectivity index (χ4v) is 1.53. The fourth-order valence-electron chi connectivity index (χ4n) is 1.40. The second-order valence-corrected chi connectivity index (χ2v) is 3.62.